The van der Waals surface area contributed by atoms with Crippen molar-refractivity contribution in [3.63, 3.8) is 0 Å². The van der Waals surface area contributed by atoms with Gasteiger partial charge >= 0.3 is 19.5 Å². The van der Waals surface area contributed by atoms with Gasteiger partial charge in [0.1, 0.15) is 11.1 Å². The maximum Gasteiger partial charge on any atom is 0.364 e. The van der Waals surface area contributed by atoms with Crippen LogP contribution >= 0.6 is 23.5 Å². The van der Waals surface area contributed by atoms with Crippen molar-refractivity contribution in [1.29, 1.82) is 0 Å². The van der Waals surface area contributed by atoms with Crippen molar-refractivity contribution in [3.8, 4) is 11.5 Å². The lowest BCUT2D eigenvalue weighted by atomic mass is 10.1. The number of rotatable bonds is 7. The minimum absolute atomic E-state index is 0.0392. The quantitative estimate of drug-likeness (QED) is 0.245. The minimum Gasteiger partial charge on any atom is -0.422 e. The van der Waals surface area contributed by atoms with Gasteiger partial charge in [-0.2, -0.15) is 0 Å². The van der Waals surface area contributed by atoms with Crippen LogP contribution in [0.4, 0.5) is 0 Å². The first-order valence-corrected chi connectivity index (χ1v) is 10.6. The Balaban J connectivity index is 2.91. The van der Waals surface area contributed by atoms with Gasteiger partial charge in [0.05, 0.1) is 0 Å². The predicted octanol–water partition coefficient (Wildman–Crippen LogP) is 4.68. The average molecular weight is 483 g/mol. The van der Waals surface area contributed by atoms with Crippen molar-refractivity contribution in [3.05, 3.63) is 53.0 Å². The summed E-state index contributed by atoms with van der Waals surface area (Å²) in [6, 6.07) is 6.28. The molecule has 0 aromatic heterocycles. The highest BCUT2D eigenvalue weighted by Crippen LogP contribution is 2.51. The highest BCUT2D eigenvalue weighted by Gasteiger charge is 2.33. The van der Waals surface area contributed by atoms with Crippen molar-refractivity contribution in [1.82, 2.24) is 0 Å². The molecule has 0 aliphatic heterocycles. The monoisotopic (exact) mass is 482 g/mol. The second kappa shape index (κ2) is 9.05. The van der Waals surface area contributed by atoms with Gasteiger partial charge in [-0.25, -0.2) is 9.59 Å². The standard InChI is InChI=1S/C20H20BrO7P/c1-11(2)19(22)27-16-10-17(29(24,25-5)26-6)18(28-20(23)12(3)4)14-8-7-13(21)9-15(14)16/h7-10H,1,3H2,2,4-6H3. The van der Waals surface area contributed by atoms with E-state index in [9.17, 15) is 14.2 Å². The van der Waals surface area contributed by atoms with Crippen LogP contribution in [0.1, 0.15) is 13.8 Å². The number of halogens is 1. The first-order valence-electron chi connectivity index (χ1n) is 8.27. The molecule has 0 atom stereocenters. The number of hydrogen-bond donors (Lipinski definition) is 0. The molecule has 0 amide bonds. The Kier molecular flexibility index (Phi) is 7.19. The summed E-state index contributed by atoms with van der Waals surface area (Å²) in [7, 11) is -1.51. The molecule has 0 aliphatic carbocycles. The fourth-order valence-corrected chi connectivity index (χ4v) is 3.95. The van der Waals surface area contributed by atoms with E-state index >= 15 is 0 Å². The summed E-state index contributed by atoms with van der Waals surface area (Å²) in [6.07, 6.45) is 0. The van der Waals surface area contributed by atoms with Gasteiger partial charge in [-0.05, 0) is 32.0 Å². The molecular weight excluding hydrogens is 463 g/mol. The minimum atomic E-state index is -3.90. The molecule has 154 valence electrons. The SMILES string of the molecule is C=C(C)C(=O)Oc1cc(P(=O)(OC)OC)c(OC(=O)C(=C)C)c2ccc(Br)cc12. The number of hydrogen-bond acceptors (Lipinski definition) is 7. The maximum absolute atomic E-state index is 13.2. The zero-order chi connectivity index (χ0) is 21.9. The Morgan fingerprint density at radius 3 is 2.00 bits per heavy atom. The average Bonchev–Trinajstić information content (AvgIpc) is 2.68. The van der Waals surface area contributed by atoms with Gasteiger partial charge in [-0.1, -0.05) is 29.1 Å². The molecule has 2 rings (SSSR count). The van der Waals surface area contributed by atoms with Crippen LogP contribution in [0.2, 0.25) is 0 Å². The van der Waals surface area contributed by atoms with E-state index in [4.69, 9.17) is 18.5 Å². The van der Waals surface area contributed by atoms with Crippen molar-refractivity contribution >= 4 is 51.5 Å². The first-order chi connectivity index (χ1) is 13.5. The summed E-state index contributed by atoms with van der Waals surface area (Å²) in [5, 5.41) is 0.719. The largest absolute Gasteiger partial charge is 0.422 e. The molecule has 0 unspecified atom stereocenters. The molecule has 0 N–H and O–H groups in total. The van der Waals surface area contributed by atoms with Crippen molar-refractivity contribution < 1.29 is 32.7 Å². The Labute approximate surface area is 176 Å². The van der Waals surface area contributed by atoms with Crippen molar-refractivity contribution in [2.24, 2.45) is 0 Å². The number of ether oxygens (including phenoxy) is 2. The predicted molar refractivity (Wildman–Crippen MR) is 114 cm³/mol. The van der Waals surface area contributed by atoms with E-state index in [2.05, 4.69) is 29.1 Å². The van der Waals surface area contributed by atoms with Crippen molar-refractivity contribution in [2.45, 2.75) is 13.8 Å². The Bertz CT molecular complexity index is 1070. The summed E-state index contributed by atoms with van der Waals surface area (Å²) in [6.45, 7) is 10.1. The van der Waals surface area contributed by atoms with Gasteiger partial charge in [0.15, 0.2) is 5.75 Å². The first kappa shape index (κ1) is 23.0. The van der Waals surface area contributed by atoms with Crippen LogP contribution in [0.25, 0.3) is 10.8 Å². The second-order valence-corrected chi connectivity index (χ2v) is 9.24. The third kappa shape index (κ3) is 4.85. The van der Waals surface area contributed by atoms with Gasteiger partial charge in [0, 0.05) is 46.7 Å². The van der Waals surface area contributed by atoms with Crippen LogP contribution < -0.4 is 14.8 Å². The summed E-state index contributed by atoms with van der Waals surface area (Å²) in [5.74, 6) is -1.36. The third-order valence-electron chi connectivity index (χ3n) is 3.86. The molecule has 2 aromatic carbocycles. The molecule has 0 spiro atoms. The number of esters is 2. The molecule has 0 fully saturated rings. The van der Waals surface area contributed by atoms with Crippen LogP contribution in [0.5, 0.6) is 11.5 Å². The van der Waals surface area contributed by atoms with Crippen LogP contribution in [-0.4, -0.2) is 26.2 Å². The Morgan fingerprint density at radius 1 is 0.931 bits per heavy atom. The maximum atomic E-state index is 13.2. The summed E-state index contributed by atoms with van der Waals surface area (Å²) >= 11 is 3.36. The van der Waals surface area contributed by atoms with E-state index in [1.807, 2.05) is 0 Å². The van der Waals surface area contributed by atoms with Crippen LogP contribution in [-0.2, 0) is 23.2 Å². The lowest BCUT2D eigenvalue weighted by Crippen LogP contribution is -2.19. The van der Waals surface area contributed by atoms with E-state index in [-0.39, 0.29) is 27.9 Å². The van der Waals surface area contributed by atoms with Gasteiger partial charge in [0.25, 0.3) is 0 Å². The van der Waals surface area contributed by atoms with Crippen LogP contribution in [0.15, 0.2) is 53.0 Å². The van der Waals surface area contributed by atoms with Gasteiger partial charge in [-0.15, -0.1) is 0 Å². The normalized spacial score (nSPS) is 11.2. The Hall–Kier alpha value is -2.25. The molecule has 9 heteroatoms. The van der Waals surface area contributed by atoms with Gasteiger partial charge in [0.2, 0.25) is 0 Å². The third-order valence-corrected chi connectivity index (χ3v) is 6.24. The molecule has 0 heterocycles. The Morgan fingerprint density at radius 2 is 1.48 bits per heavy atom. The lowest BCUT2D eigenvalue weighted by Gasteiger charge is -2.20. The molecule has 0 radical (unpaired) electrons. The summed E-state index contributed by atoms with van der Waals surface area (Å²) in [5.41, 5.74) is 0.317. The second-order valence-electron chi connectivity index (χ2n) is 6.12. The molecule has 0 aliphatic rings. The fourth-order valence-electron chi connectivity index (χ4n) is 2.36. The fraction of sp³-hybridized carbons (Fsp3) is 0.200. The van der Waals surface area contributed by atoms with Crippen LogP contribution in [0, 0.1) is 0 Å². The smallest absolute Gasteiger partial charge is 0.364 e. The molecule has 0 saturated carbocycles. The summed E-state index contributed by atoms with van der Waals surface area (Å²) in [4.78, 5) is 24.4. The van der Waals surface area contributed by atoms with E-state index in [1.54, 1.807) is 18.2 Å². The number of carbonyl (C=O) groups is 2. The van der Waals surface area contributed by atoms with E-state index < -0.39 is 19.5 Å². The molecule has 0 saturated heterocycles. The molecule has 2 aromatic rings. The van der Waals surface area contributed by atoms with E-state index in [0.717, 1.165) is 0 Å². The van der Waals surface area contributed by atoms with Crippen molar-refractivity contribution in [2.75, 3.05) is 14.2 Å². The molecule has 7 nitrogen and oxygen atoms in total. The molecule has 29 heavy (non-hydrogen) atoms. The topological polar surface area (TPSA) is 88.1 Å². The number of benzene rings is 2. The molecular formula is C20H20BrO7P. The van der Waals surface area contributed by atoms with E-state index in [0.29, 0.717) is 15.2 Å². The summed E-state index contributed by atoms with van der Waals surface area (Å²) < 4.78 is 34.9. The lowest BCUT2D eigenvalue weighted by molar-refractivity contribution is -0.131. The zero-order valence-electron chi connectivity index (χ0n) is 16.4. The van der Waals surface area contributed by atoms with Crippen LogP contribution in [0.3, 0.4) is 0 Å². The number of fused-ring (bicyclic) bond motifs is 1. The molecule has 0 bridgehead atoms. The zero-order valence-corrected chi connectivity index (χ0v) is 18.9. The number of carbonyl (C=O) groups excluding carboxylic acids is 2. The van der Waals surface area contributed by atoms with Gasteiger partial charge in [-0.3, -0.25) is 4.57 Å². The van der Waals surface area contributed by atoms with E-state index in [1.165, 1.54) is 34.1 Å². The highest BCUT2D eigenvalue weighted by molar-refractivity contribution is 9.10. The highest BCUT2D eigenvalue weighted by atomic mass is 79.9. The van der Waals surface area contributed by atoms with Gasteiger partial charge < -0.3 is 18.5 Å².